The van der Waals surface area contributed by atoms with E-state index in [0.29, 0.717) is 31.5 Å². The number of halogens is 5. The van der Waals surface area contributed by atoms with Crippen molar-refractivity contribution in [1.82, 2.24) is 20.3 Å². The second-order valence-corrected chi connectivity index (χ2v) is 8.94. The molecular weight excluding hydrogens is 566 g/mol. The van der Waals surface area contributed by atoms with Crippen LogP contribution in [0.5, 0.6) is 0 Å². The number of amides is 2. The molecule has 0 aliphatic carbocycles. The second-order valence-electron chi connectivity index (χ2n) is 8.54. The molecule has 1 saturated heterocycles. The number of hydrogen-bond donors (Lipinski definition) is 2. The molecular formula is C27H26ClF4N7O2. The van der Waals surface area contributed by atoms with Gasteiger partial charge in [0.05, 0.1) is 59.6 Å². The predicted octanol–water partition coefficient (Wildman–Crippen LogP) is 5.34. The summed E-state index contributed by atoms with van der Waals surface area (Å²) in [6.45, 7) is 2.44. The van der Waals surface area contributed by atoms with Crippen LogP contribution < -0.4 is 16.0 Å². The zero-order valence-corrected chi connectivity index (χ0v) is 22.7. The number of rotatable bonds is 8. The molecule has 41 heavy (non-hydrogen) atoms. The lowest BCUT2D eigenvalue weighted by molar-refractivity contribution is -0.117. The topological polar surface area (TPSA) is 126 Å². The van der Waals surface area contributed by atoms with E-state index in [1.807, 2.05) is 0 Å². The fourth-order valence-corrected chi connectivity index (χ4v) is 4.07. The van der Waals surface area contributed by atoms with Crippen LogP contribution in [-0.2, 0) is 4.79 Å². The molecule has 1 unspecified atom stereocenters. The largest absolute Gasteiger partial charge is 0.403 e. The van der Waals surface area contributed by atoms with Crippen LogP contribution in [0.3, 0.4) is 0 Å². The zero-order chi connectivity index (χ0) is 30.1. The molecule has 2 amide bonds. The van der Waals surface area contributed by atoms with Gasteiger partial charge in [0.15, 0.2) is 5.82 Å². The molecule has 3 aromatic rings. The van der Waals surface area contributed by atoms with Gasteiger partial charge in [-0.15, -0.1) is 0 Å². The van der Waals surface area contributed by atoms with E-state index in [1.165, 1.54) is 6.21 Å². The van der Waals surface area contributed by atoms with Gasteiger partial charge in [0.1, 0.15) is 5.69 Å². The Morgan fingerprint density at radius 1 is 1.20 bits per heavy atom. The van der Waals surface area contributed by atoms with Gasteiger partial charge in [-0.1, -0.05) is 17.7 Å². The molecule has 0 saturated carbocycles. The Morgan fingerprint density at radius 3 is 2.56 bits per heavy atom. The molecule has 0 radical (unpaired) electrons. The average Bonchev–Trinajstić information content (AvgIpc) is 3.42. The lowest BCUT2D eigenvalue weighted by Crippen LogP contribution is -2.25. The summed E-state index contributed by atoms with van der Waals surface area (Å²) in [5, 5.41) is 2.12. The van der Waals surface area contributed by atoms with Crippen molar-refractivity contribution in [3.8, 4) is 11.3 Å². The van der Waals surface area contributed by atoms with Crippen LogP contribution in [0.1, 0.15) is 54.0 Å². The van der Waals surface area contributed by atoms with Crippen molar-refractivity contribution >= 4 is 35.3 Å². The maximum atomic E-state index is 14.6. The van der Waals surface area contributed by atoms with Crippen molar-refractivity contribution in [2.24, 2.45) is 10.7 Å². The van der Waals surface area contributed by atoms with E-state index in [2.05, 4.69) is 25.3 Å². The highest BCUT2D eigenvalue weighted by Crippen LogP contribution is 2.35. The summed E-state index contributed by atoms with van der Waals surface area (Å²) in [6.07, 6.45) is 4.51. The normalized spacial score (nSPS) is 14.3. The SMILES string of the molecule is CC(N=C/C(=C\N)NC(=O)c1cncc(-c2c(C(F)F)ccc(Cl)c2F)n1)c1ccc(N2CCCC2=O)cn1.CF. The summed E-state index contributed by atoms with van der Waals surface area (Å²) in [7, 11) is 0.500. The standard InChI is InChI=1S/C26H23ClF3N7O2.CH3F/c1-14(19-7-4-16(11-34-19)37-8-2-3-22(37)38)33-10-15(9-31)35-26(39)21-13-32-12-20(36-21)23-17(25(29)30)5-6-18(27)24(23)28;1-2/h4-7,9-14,25H,2-3,8,31H2,1H3,(H,35,39);1H3/b15-9+,33-10?;. The van der Waals surface area contributed by atoms with E-state index < -0.39 is 35.3 Å². The van der Waals surface area contributed by atoms with Crippen molar-refractivity contribution in [2.75, 3.05) is 18.6 Å². The van der Waals surface area contributed by atoms with Crippen molar-refractivity contribution < 1.29 is 27.2 Å². The Hall–Kier alpha value is -4.39. The third-order valence-electron chi connectivity index (χ3n) is 5.94. The molecule has 0 spiro atoms. The van der Waals surface area contributed by atoms with E-state index in [9.17, 15) is 27.2 Å². The summed E-state index contributed by atoms with van der Waals surface area (Å²) < 4.78 is 51.1. The van der Waals surface area contributed by atoms with Crippen molar-refractivity contribution in [3.05, 3.63) is 82.5 Å². The van der Waals surface area contributed by atoms with Crippen LogP contribution in [0, 0.1) is 5.82 Å². The Balaban J connectivity index is 0.00000226. The minimum absolute atomic E-state index is 0.0616. The number of benzene rings is 1. The number of nitrogens with two attached hydrogens (primary N) is 1. The number of alkyl halides is 3. The lowest BCUT2D eigenvalue weighted by atomic mass is 10.0. The number of nitrogens with one attached hydrogen (secondary N) is 1. The van der Waals surface area contributed by atoms with Gasteiger partial charge in [-0.3, -0.25) is 28.9 Å². The van der Waals surface area contributed by atoms with E-state index in [-0.39, 0.29) is 28.0 Å². The first-order chi connectivity index (χ1) is 19.7. The average molecular weight is 592 g/mol. The van der Waals surface area contributed by atoms with Crippen molar-refractivity contribution in [1.29, 1.82) is 0 Å². The number of carbonyl (C=O) groups is 2. The fraction of sp³-hybridized carbons (Fsp3) is 0.259. The summed E-state index contributed by atoms with van der Waals surface area (Å²) in [5.41, 5.74) is 5.34. The number of aromatic nitrogens is 3. The molecule has 216 valence electrons. The number of carbonyl (C=O) groups excluding carboxylic acids is 2. The van der Waals surface area contributed by atoms with Crippen molar-refractivity contribution in [3.63, 3.8) is 0 Å². The molecule has 1 aliphatic rings. The molecule has 9 nitrogen and oxygen atoms in total. The van der Waals surface area contributed by atoms with Gasteiger partial charge in [0, 0.05) is 36.5 Å². The highest BCUT2D eigenvalue weighted by molar-refractivity contribution is 6.31. The first-order valence-corrected chi connectivity index (χ1v) is 12.6. The van der Waals surface area contributed by atoms with Crippen LogP contribution in [-0.4, -0.2) is 46.7 Å². The smallest absolute Gasteiger partial charge is 0.275 e. The van der Waals surface area contributed by atoms with Crippen LogP contribution in [0.2, 0.25) is 5.02 Å². The maximum absolute atomic E-state index is 14.6. The predicted molar refractivity (Wildman–Crippen MR) is 147 cm³/mol. The molecule has 4 rings (SSSR count). The molecule has 3 heterocycles. The fourth-order valence-electron chi connectivity index (χ4n) is 3.91. The van der Waals surface area contributed by atoms with Gasteiger partial charge in [-0.25, -0.2) is 18.2 Å². The Morgan fingerprint density at radius 2 is 1.95 bits per heavy atom. The molecule has 0 bridgehead atoms. The second kappa shape index (κ2) is 14.3. The van der Waals surface area contributed by atoms with Crippen molar-refractivity contribution in [2.45, 2.75) is 32.2 Å². The number of aliphatic imine (C=N–C) groups is 1. The molecule has 1 atom stereocenters. The van der Waals surface area contributed by atoms with Gasteiger partial charge >= 0.3 is 0 Å². The Kier molecular flexibility index (Phi) is 10.9. The van der Waals surface area contributed by atoms with Gasteiger partial charge in [-0.2, -0.15) is 0 Å². The molecule has 1 aliphatic heterocycles. The number of hydrogen-bond acceptors (Lipinski definition) is 7. The summed E-state index contributed by atoms with van der Waals surface area (Å²) >= 11 is 5.77. The monoisotopic (exact) mass is 591 g/mol. The Bertz CT molecular complexity index is 1450. The Labute approximate surface area is 238 Å². The summed E-state index contributed by atoms with van der Waals surface area (Å²) in [5.74, 6) is -1.82. The summed E-state index contributed by atoms with van der Waals surface area (Å²) in [4.78, 5) is 43.0. The minimum Gasteiger partial charge on any atom is -0.403 e. The first kappa shape index (κ1) is 31.1. The highest BCUT2D eigenvalue weighted by Gasteiger charge is 2.23. The molecule has 3 N–H and O–H groups in total. The number of anilines is 1. The van der Waals surface area contributed by atoms with E-state index in [0.717, 1.165) is 37.1 Å². The first-order valence-electron chi connectivity index (χ1n) is 12.2. The van der Waals surface area contributed by atoms with Gasteiger partial charge in [0.2, 0.25) is 5.91 Å². The van der Waals surface area contributed by atoms with E-state index in [4.69, 9.17) is 17.3 Å². The number of pyridine rings is 1. The van der Waals surface area contributed by atoms with E-state index in [1.54, 1.807) is 30.2 Å². The van der Waals surface area contributed by atoms with Crippen LogP contribution >= 0.6 is 11.6 Å². The lowest BCUT2D eigenvalue weighted by Gasteiger charge is -2.16. The summed E-state index contributed by atoms with van der Waals surface area (Å²) in [6, 6.07) is 5.15. The van der Waals surface area contributed by atoms with Gasteiger partial charge in [-0.05, 0) is 31.5 Å². The van der Waals surface area contributed by atoms with Crippen LogP contribution in [0.25, 0.3) is 11.3 Å². The maximum Gasteiger partial charge on any atom is 0.275 e. The zero-order valence-electron chi connectivity index (χ0n) is 22.0. The van der Waals surface area contributed by atoms with Crippen LogP contribution in [0.15, 0.2) is 59.7 Å². The van der Waals surface area contributed by atoms with Gasteiger partial charge in [0.25, 0.3) is 12.3 Å². The minimum atomic E-state index is -3.01. The third-order valence-corrected chi connectivity index (χ3v) is 6.24. The van der Waals surface area contributed by atoms with Gasteiger partial charge < -0.3 is 16.0 Å². The molecule has 1 fully saturated rings. The van der Waals surface area contributed by atoms with Crippen LogP contribution in [0.4, 0.5) is 23.2 Å². The molecule has 1 aromatic carbocycles. The third kappa shape index (κ3) is 7.42. The highest BCUT2D eigenvalue weighted by atomic mass is 35.5. The van der Waals surface area contributed by atoms with E-state index >= 15 is 0 Å². The quantitative estimate of drug-likeness (QED) is 0.269. The molecule has 14 heteroatoms. The number of nitrogens with zero attached hydrogens (tertiary/aromatic N) is 5. The molecule has 2 aromatic heterocycles. The number of allylic oxidation sites excluding steroid dienone is 1.